The molecule has 1 aliphatic rings. The lowest BCUT2D eigenvalue weighted by atomic mass is 9.83. The van der Waals surface area contributed by atoms with E-state index in [4.69, 9.17) is 14.7 Å². The Hall–Kier alpha value is -4.17. The van der Waals surface area contributed by atoms with Crippen molar-refractivity contribution in [1.82, 2.24) is 5.48 Å². The molecular weight excluding hydrogens is 460 g/mol. The topological polar surface area (TPSA) is 111 Å². The molecule has 8 nitrogen and oxygen atoms in total. The van der Waals surface area contributed by atoms with E-state index in [-0.39, 0.29) is 18.2 Å². The second kappa shape index (κ2) is 11.5. The number of rotatable bonds is 10. The number of nitrogens with zero attached hydrogens (tertiary/aromatic N) is 1. The summed E-state index contributed by atoms with van der Waals surface area (Å²) in [5.41, 5.74) is 7.92. The van der Waals surface area contributed by atoms with E-state index in [1.165, 1.54) is 12.1 Å². The second-order valence-electron chi connectivity index (χ2n) is 8.79. The molecule has 2 unspecified atom stereocenters. The molecule has 0 saturated heterocycles. The fraction of sp³-hybridized carbons (Fsp3) is 0.250. The van der Waals surface area contributed by atoms with Crippen LogP contribution >= 0.6 is 0 Å². The Morgan fingerprint density at radius 3 is 2.53 bits per heavy atom. The van der Waals surface area contributed by atoms with Gasteiger partial charge in [0.15, 0.2) is 6.61 Å². The van der Waals surface area contributed by atoms with Crippen LogP contribution < -0.4 is 10.2 Å². The maximum Gasteiger partial charge on any atom is 0.341 e. The number of ether oxygens (including phenoxy) is 1. The van der Waals surface area contributed by atoms with Crippen molar-refractivity contribution in [3.8, 4) is 5.75 Å². The Morgan fingerprint density at radius 2 is 1.83 bits per heavy atom. The third-order valence-corrected chi connectivity index (χ3v) is 6.16. The number of carboxylic acids is 1. The summed E-state index contributed by atoms with van der Waals surface area (Å²) in [6.45, 7) is 1.59. The molecule has 1 aliphatic carbocycles. The number of allylic oxidation sites excluding steroid dienone is 2. The normalized spacial score (nSPS) is 16.0. The fourth-order valence-electron chi connectivity index (χ4n) is 4.48. The van der Waals surface area contributed by atoms with Crippen molar-refractivity contribution in [3.63, 3.8) is 0 Å². The number of fused-ring (bicyclic) bond motifs is 1. The van der Waals surface area contributed by atoms with Crippen molar-refractivity contribution in [1.29, 1.82) is 0 Å². The first kappa shape index (κ1) is 24.9. The molecule has 0 saturated carbocycles. The van der Waals surface area contributed by atoms with Gasteiger partial charge in [-0.1, -0.05) is 48.5 Å². The highest BCUT2D eigenvalue weighted by Crippen LogP contribution is 2.33. The largest absolute Gasteiger partial charge is 0.482 e. The van der Waals surface area contributed by atoms with E-state index >= 15 is 0 Å². The Balaban J connectivity index is 1.44. The number of carboxylic acid groups (broad SMARTS) is 1. The van der Waals surface area contributed by atoms with Gasteiger partial charge in [-0.05, 0) is 72.6 Å². The van der Waals surface area contributed by atoms with Crippen molar-refractivity contribution in [2.45, 2.75) is 32.3 Å². The van der Waals surface area contributed by atoms with E-state index in [2.05, 4.69) is 17.6 Å². The van der Waals surface area contributed by atoms with E-state index in [1.54, 1.807) is 12.1 Å². The lowest BCUT2D eigenvalue weighted by Gasteiger charge is -2.25. The quantitative estimate of drug-likeness (QED) is 0.291. The van der Waals surface area contributed by atoms with Crippen LogP contribution in [0.3, 0.4) is 0 Å². The minimum atomic E-state index is -0.992. The van der Waals surface area contributed by atoms with Crippen LogP contribution in [0.5, 0.6) is 5.75 Å². The molecule has 0 heterocycles. The third-order valence-electron chi connectivity index (χ3n) is 6.16. The maximum atomic E-state index is 11.0. The highest BCUT2D eigenvalue weighted by Gasteiger charge is 2.21. The van der Waals surface area contributed by atoms with Gasteiger partial charge in [-0.25, -0.2) is 4.79 Å². The standard InChI is InChI=1S/C28H28N2O6/c1-19(16-20-10-15-25-23(17-20)8-5-9-26(25)35-18-27(31)32)29-36-28(21-6-3-2-4-7-21)22-11-13-24(14-12-22)30(33)34/h2-9,11-14,16,20,28-29H,10,15,17-18H2,1H3,(H,31,32). The van der Waals surface area contributed by atoms with Crippen LogP contribution in [0.2, 0.25) is 0 Å². The first-order valence-electron chi connectivity index (χ1n) is 11.8. The monoisotopic (exact) mass is 488 g/mol. The van der Waals surface area contributed by atoms with Crippen LogP contribution in [-0.2, 0) is 22.5 Å². The molecule has 3 aromatic carbocycles. The van der Waals surface area contributed by atoms with E-state index in [1.807, 2.05) is 49.4 Å². The smallest absolute Gasteiger partial charge is 0.341 e. The number of nitro benzene ring substituents is 1. The first-order valence-corrected chi connectivity index (χ1v) is 11.8. The van der Waals surface area contributed by atoms with Crippen LogP contribution in [0.25, 0.3) is 0 Å². The summed E-state index contributed by atoms with van der Waals surface area (Å²) in [5, 5.41) is 19.9. The summed E-state index contributed by atoms with van der Waals surface area (Å²) in [6.07, 6.45) is 4.23. The van der Waals surface area contributed by atoms with Gasteiger partial charge in [0, 0.05) is 17.8 Å². The Bertz CT molecular complexity index is 1240. The minimum Gasteiger partial charge on any atom is -0.482 e. The Labute approximate surface area is 209 Å². The average Bonchev–Trinajstić information content (AvgIpc) is 2.88. The molecule has 0 aliphatic heterocycles. The summed E-state index contributed by atoms with van der Waals surface area (Å²) in [4.78, 5) is 27.6. The summed E-state index contributed by atoms with van der Waals surface area (Å²) in [7, 11) is 0. The molecule has 8 heteroatoms. The predicted molar refractivity (Wildman–Crippen MR) is 134 cm³/mol. The molecule has 3 aromatic rings. The number of nitro groups is 1. The lowest BCUT2D eigenvalue weighted by molar-refractivity contribution is -0.384. The number of carbonyl (C=O) groups is 1. The van der Waals surface area contributed by atoms with Crippen LogP contribution in [0.1, 0.15) is 41.7 Å². The average molecular weight is 489 g/mol. The van der Waals surface area contributed by atoms with Gasteiger partial charge in [0.05, 0.1) is 4.92 Å². The van der Waals surface area contributed by atoms with E-state index in [0.717, 1.165) is 47.2 Å². The van der Waals surface area contributed by atoms with Gasteiger partial charge in [0.25, 0.3) is 5.69 Å². The van der Waals surface area contributed by atoms with Gasteiger partial charge in [-0.3, -0.25) is 20.4 Å². The SMILES string of the molecule is CC(=CC1CCc2c(cccc2OCC(=O)O)C1)NOC(c1ccccc1)c1ccc([N+](=O)[O-])cc1. The number of nitrogens with one attached hydrogen (secondary N) is 1. The fourth-order valence-corrected chi connectivity index (χ4v) is 4.48. The molecule has 2 N–H and O–H groups in total. The predicted octanol–water partition coefficient (Wildman–Crippen LogP) is 5.38. The van der Waals surface area contributed by atoms with Crippen molar-refractivity contribution in [2.75, 3.05) is 6.61 Å². The third kappa shape index (κ3) is 6.28. The Morgan fingerprint density at radius 1 is 1.11 bits per heavy atom. The molecule has 0 fully saturated rings. The molecule has 2 atom stereocenters. The van der Waals surface area contributed by atoms with E-state index < -0.39 is 17.0 Å². The Kier molecular flexibility index (Phi) is 7.97. The molecule has 0 radical (unpaired) electrons. The summed E-state index contributed by atoms with van der Waals surface area (Å²) in [5.74, 6) is -0.0596. The first-order chi connectivity index (χ1) is 17.4. The molecule has 0 amide bonds. The molecule has 0 bridgehead atoms. The molecule has 186 valence electrons. The van der Waals surface area contributed by atoms with Gasteiger partial charge in [0.2, 0.25) is 0 Å². The van der Waals surface area contributed by atoms with Crippen LogP contribution in [-0.4, -0.2) is 22.6 Å². The highest BCUT2D eigenvalue weighted by molar-refractivity contribution is 5.68. The second-order valence-corrected chi connectivity index (χ2v) is 8.79. The summed E-state index contributed by atoms with van der Waals surface area (Å²) < 4.78 is 5.47. The van der Waals surface area contributed by atoms with Crippen molar-refractivity contribution >= 4 is 11.7 Å². The molecule has 0 spiro atoms. The number of aliphatic carboxylic acids is 1. The van der Waals surface area contributed by atoms with Crippen LogP contribution in [0.4, 0.5) is 5.69 Å². The minimum absolute atomic E-state index is 0.0312. The maximum absolute atomic E-state index is 11.0. The van der Waals surface area contributed by atoms with Gasteiger partial charge in [-0.2, -0.15) is 0 Å². The summed E-state index contributed by atoms with van der Waals surface area (Å²) in [6, 6.07) is 21.8. The molecule has 36 heavy (non-hydrogen) atoms. The zero-order valence-electron chi connectivity index (χ0n) is 19.9. The lowest BCUT2D eigenvalue weighted by Crippen LogP contribution is -2.20. The number of hydrogen-bond acceptors (Lipinski definition) is 6. The zero-order valence-corrected chi connectivity index (χ0v) is 19.9. The zero-order chi connectivity index (χ0) is 25.5. The van der Waals surface area contributed by atoms with Gasteiger partial charge in [-0.15, -0.1) is 0 Å². The van der Waals surface area contributed by atoms with E-state index in [0.29, 0.717) is 5.75 Å². The van der Waals surface area contributed by atoms with Crippen molar-refractivity contribution in [3.05, 3.63) is 117 Å². The van der Waals surface area contributed by atoms with E-state index in [9.17, 15) is 14.9 Å². The number of hydroxylamine groups is 1. The molecular formula is C28H28N2O6. The van der Waals surface area contributed by atoms with Crippen molar-refractivity contribution in [2.24, 2.45) is 5.92 Å². The van der Waals surface area contributed by atoms with Gasteiger partial charge >= 0.3 is 5.97 Å². The molecule has 4 rings (SSSR count). The van der Waals surface area contributed by atoms with Gasteiger partial charge in [0.1, 0.15) is 11.9 Å². The van der Waals surface area contributed by atoms with Crippen LogP contribution in [0, 0.1) is 16.0 Å². The van der Waals surface area contributed by atoms with Crippen molar-refractivity contribution < 1.29 is 24.4 Å². The van der Waals surface area contributed by atoms with Crippen LogP contribution in [0.15, 0.2) is 84.6 Å². The van der Waals surface area contributed by atoms with Gasteiger partial charge < -0.3 is 9.84 Å². The summed E-state index contributed by atoms with van der Waals surface area (Å²) >= 11 is 0. The number of hydrogen-bond donors (Lipinski definition) is 2. The highest BCUT2D eigenvalue weighted by atomic mass is 16.7. The number of non-ortho nitro benzene ring substituents is 1. The molecule has 0 aromatic heterocycles. The number of benzene rings is 3.